The molecule has 0 radical (unpaired) electrons. The summed E-state index contributed by atoms with van der Waals surface area (Å²) in [5.41, 5.74) is 0. The summed E-state index contributed by atoms with van der Waals surface area (Å²) in [6.45, 7) is 8.91. The van der Waals surface area contributed by atoms with E-state index in [0.29, 0.717) is 0 Å². The van der Waals surface area contributed by atoms with Crippen LogP contribution in [0.4, 0.5) is 0 Å². The van der Waals surface area contributed by atoms with Gasteiger partial charge in [-0.05, 0) is 38.5 Å². The van der Waals surface area contributed by atoms with Crippen LogP contribution in [0.2, 0.25) is 0 Å². The molecule has 0 rings (SSSR count). The maximum Gasteiger partial charge on any atom is 2.00 e. The van der Waals surface area contributed by atoms with Gasteiger partial charge >= 0.3 is 37.7 Å². The number of allylic oxidation sites excluding steroid dienone is 2. The average molecular weight is 1070 g/mol. The van der Waals surface area contributed by atoms with Crippen molar-refractivity contribution in [2.75, 3.05) is 13.2 Å². The molecule has 2 atom stereocenters. The zero-order valence-electron chi connectivity index (χ0n) is 47.6. The normalized spacial score (nSPS) is 12.9. The van der Waals surface area contributed by atoms with Gasteiger partial charge in [-0.1, -0.05) is 322 Å². The van der Waals surface area contributed by atoms with Crippen LogP contribution in [-0.4, -0.2) is 76.9 Å². The molecule has 11 heteroatoms. The molecule has 8 nitrogen and oxygen atoms in total. The molecule has 0 amide bonds. The van der Waals surface area contributed by atoms with Crippen LogP contribution in [0.25, 0.3) is 0 Å². The maximum absolute atomic E-state index is 10.8. The minimum Gasteiger partial charge on any atom is -0.726 e. The molecular formula is C60H118CaO8S2. The van der Waals surface area contributed by atoms with Crippen LogP contribution in [-0.2, 0) is 29.2 Å². The molecule has 2 unspecified atom stereocenters. The van der Waals surface area contributed by atoms with E-state index >= 15 is 0 Å². The van der Waals surface area contributed by atoms with Gasteiger partial charge in [-0.2, -0.15) is 0 Å². The summed E-state index contributed by atoms with van der Waals surface area (Å²) in [6, 6.07) is 0. The summed E-state index contributed by atoms with van der Waals surface area (Å²) in [6.07, 6.45) is 70.9. The Morgan fingerprint density at radius 2 is 0.493 bits per heavy atom. The fraction of sp³-hybridized carbons (Fsp3) is 0.933. The molecule has 0 aliphatic heterocycles. The third kappa shape index (κ3) is 70.5. The maximum atomic E-state index is 10.8. The van der Waals surface area contributed by atoms with E-state index in [1.54, 1.807) is 0 Å². The molecule has 0 aromatic heterocycles. The third-order valence-electron chi connectivity index (χ3n) is 14.0. The SMILES string of the molecule is CCCCCCCCCCCCCCCCCCC/C=C/C(CCCCCCC)COS(=O)(=O)[O-].CCCCCCCCCCCCCCCCCCC/C=C/C(CCCCCCC)COS(=O)(=O)[O-].[Ca+2]. The largest absolute Gasteiger partial charge is 2.00 e. The number of hydrogen-bond acceptors (Lipinski definition) is 8. The molecule has 0 aliphatic carbocycles. The van der Waals surface area contributed by atoms with Crippen LogP contribution >= 0.6 is 0 Å². The Morgan fingerprint density at radius 1 is 0.310 bits per heavy atom. The first kappa shape index (κ1) is 75.7. The van der Waals surface area contributed by atoms with Gasteiger partial charge in [0.2, 0.25) is 20.8 Å². The van der Waals surface area contributed by atoms with Gasteiger partial charge in [-0.15, -0.1) is 0 Å². The zero-order valence-corrected chi connectivity index (χ0v) is 51.5. The van der Waals surface area contributed by atoms with Gasteiger partial charge in [-0.3, -0.25) is 8.37 Å². The van der Waals surface area contributed by atoms with Crippen molar-refractivity contribution in [2.45, 2.75) is 336 Å². The summed E-state index contributed by atoms with van der Waals surface area (Å²) in [5.74, 6) is 0.0392. The molecule has 0 spiro atoms. The van der Waals surface area contributed by atoms with E-state index in [0.717, 1.165) is 51.4 Å². The van der Waals surface area contributed by atoms with E-state index in [9.17, 15) is 25.9 Å². The molecule has 420 valence electrons. The van der Waals surface area contributed by atoms with Crippen molar-refractivity contribution in [1.82, 2.24) is 0 Å². The van der Waals surface area contributed by atoms with Crippen molar-refractivity contribution < 1.29 is 34.3 Å². The summed E-state index contributed by atoms with van der Waals surface area (Å²) >= 11 is 0. The third-order valence-corrected chi connectivity index (χ3v) is 14.8. The van der Waals surface area contributed by atoms with Gasteiger partial charge in [0.25, 0.3) is 0 Å². The van der Waals surface area contributed by atoms with E-state index in [-0.39, 0.29) is 62.8 Å². The standard InChI is InChI=1S/2C30H60O4S.Ca/c2*1-3-5-7-9-10-11-12-13-14-15-16-17-18-19-20-21-22-24-26-28-30(29-34-35(31,32)33)27-25-23-8-6-4-2;/h2*26,28,30H,3-25,27,29H2,1-2H3,(H,31,32,33);/q;;+2/p-2/b2*28-26+;. The van der Waals surface area contributed by atoms with Gasteiger partial charge in [0.1, 0.15) is 0 Å². The quantitative estimate of drug-likeness (QED) is 0.0193. The van der Waals surface area contributed by atoms with Crippen LogP contribution in [0.1, 0.15) is 336 Å². The van der Waals surface area contributed by atoms with Crippen molar-refractivity contribution in [3.8, 4) is 0 Å². The first-order valence-corrected chi connectivity index (χ1v) is 33.2. The molecule has 0 aromatic carbocycles. The minimum atomic E-state index is -4.61. The van der Waals surface area contributed by atoms with Gasteiger partial charge in [-0.25, -0.2) is 16.8 Å². The molecule has 0 bridgehead atoms. The summed E-state index contributed by atoms with van der Waals surface area (Å²) in [7, 11) is -9.21. The second-order valence-electron chi connectivity index (χ2n) is 21.1. The zero-order chi connectivity index (χ0) is 51.8. The van der Waals surface area contributed by atoms with Crippen LogP contribution in [0.5, 0.6) is 0 Å². The molecule has 0 saturated carbocycles. The molecule has 0 aliphatic rings. The first-order chi connectivity index (χ1) is 34.0. The monoisotopic (exact) mass is 1070 g/mol. The minimum absolute atomic E-state index is 0. The van der Waals surface area contributed by atoms with Crippen molar-refractivity contribution in [1.29, 1.82) is 0 Å². The molecule has 71 heavy (non-hydrogen) atoms. The topological polar surface area (TPSA) is 133 Å². The van der Waals surface area contributed by atoms with Crippen molar-refractivity contribution >= 4 is 58.5 Å². The van der Waals surface area contributed by atoms with Crippen LogP contribution < -0.4 is 0 Å². The Balaban J connectivity index is -0.00000128. The summed E-state index contributed by atoms with van der Waals surface area (Å²) in [4.78, 5) is 0. The van der Waals surface area contributed by atoms with Gasteiger partial charge in [0, 0.05) is 11.8 Å². The fourth-order valence-electron chi connectivity index (χ4n) is 9.38. The predicted octanol–water partition coefficient (Wildman–Crippen LogP) is 19.7. The Hall–Kier alpha value is 0.480. The van der Waals surface area contributed by atoms with E-state index in [2.05, 4.69) is 60.4 Å². The second-order valence-corrected chi connectivity index (χ2v) is 23.2. The Morgan fingerprint density at radius 3 is 0.690 bits per heavy atom. The molecule has 0 fully saturated rings. The molecule has 0 aromatic rings. The van der Waals surface area contributed by atoms with Crippen LogP contribution in [0, 0.1) is 11.8 Å². The number of hydrogen-bond donors (Lipinski definition) is 0. The molecule has 0 heterocycles. The van der Waals surface area contributed by atoms with Crippen molar-refractivity contribution in [3.05, 3.63) is 24.3 Å². The predicted molar refractivity (Wildman–Crippen MR) is 307 cm³/mol. The summed E-state index contributed by atoms with van der Waals surface area (Å²) < 4.78 is 73.8. The first-order valence-electron chi connectivity index (χ1n) is 30.5. The smallest absolute Gasteiger partial charge is 0.726 e. The van der Waals surface area contributed by atoms with Gasteiger partial charge in [0.05, 0.1) is 13.2 Å². The van der Waals surface area contributed by atoms with Crippen LogP contribution in [0.3, 0.4) is 0 Å². The van der Waals surface area contributed by atoms with E-state index in [4.69, 9.17) is 0 Å². The molecule has 0 N–H and O–H groups in total. The van der Waals surface area contributed by atoms with E-state index < -0.39 is 20.8 Å². The number of rotatable bonds is 56. The van der Waals surface area contributed by atoms with Crippen molar-refractivity contribution in [2.24, 2.45) is 11.8 Å². The Labute approximate surface area is 474 Å². The average Bonchev–Trinajstić information content (AvgIpc) is 3.32. The van der Waals surface area contributed by atoms with E-state index in [1.165, 1.54) is 257 Å². The van der Waals surface area contributed by atoms with Gasteiger partial charge in [0.15, 0.2) is 0 Å². The van der Waals surface area contributed by atoms with Gasteiger partial charge < -0.3 is 9.11 Å². The molecule has 0 saturated heterocycles. The molecular weight excluding hydrogens is 953 g/mol. The number of unbranched alkanes of at least 4 members (excludes halogenated alkanes) is 42. The summed E-state index contributed by atoms with van der Waals surface area (Å²) in [5, 5.41) is 0. The van der Waals surface area contributed by atoms with Crippen LogP contribution in [0.15, 0.2) is 24.3 Å². The Kier molecular flexibility index (Phi) is 65.4. The van der Waals surface area contributed by atoms with E-state index in [1.807, 2.05) is 0 Å². The Bertz CT molecular complexity index is 1190. The fourth-order valence-corrected chi connectivity index (χ4v) is 10.1. The second kappa shape index (κ2) is 61.3. The van der Waals surface area contributed by atoms with Crippen molar-refractivity contribution in [3.63, 3.8) is 0 Å².